The Hall–Kier alpha value is -1.16. The molecule has 0 unspecified atom stereocenters. The second kappa shape index (κ2) is 6.14. The van der Waals surface area contributed by atoms with Crippen LogP contribution in [0.1, 0.15) is 16.7 Å². The summed E-state index contributed by atoms with van der Waals surface area (Å²) in [5.74, 6) is 2.11. The van der Waals surface area contributed by atoms with Gasteiger partial charge in [0.05, 0.1) is 0 Å². The van der Waals surface area contributed by atoms with E-state index in [0.717, 1.165) is 24.6 Å². The number of aryl methyl sites for hydroxylation is 2. The molecule has 1 saturated heterocycles. The van der Waals surface area contributed by atoms with Crippen LogP contribution in [-0.2, 0) is 6.54 Å². The van der Waals surface area contributed by atoms with Crippen LogP contribution in [0.3, 0.4) is 0 Å². The first-order valence-electron chi connectivity index (χ1n) is 6.33. The largest absolute Gasteiger partial charge is 0.334 e. The zero-order valence-electron chi connectivity index (χ0n) is 11.0. The van der Waals surface area contributed by atoms with Crippen molar-refractivity contribution in [3.05, 3.63) is 34.9 Å². The molecule has 0 spiro atoms. The van der Waals surface area contributed by atoms with Crippen molar-refractivity contribution in [2.75, 3.05) is 24.6 Å². The number of urea groups is 1. The second-order valence-corrected chi connectivity index (χ2v) is 5.91. The maximum atomic E-state index is 12.0. The van der Waals surface area contributed by atoms with Crippen molar-refractivity contribution >= 4 is 17.8 Å². The number of carbonyl (C=O) groups is 1. The summed E-state index contributed by atoms with van der Waals surface area (Å²) in [6.45, 7) is 6.52. The summed E-state index contributed by atoms with van der Waals surface area (Å²) in [6.07, 6.45) is 0. The Bertz CT molecular complexity index is 428. The molecule has 4 heteroatoms. The lowest BCUT2D eigenvalue weighted by Crippen LogP contribution is -2.44. The minimum Gasteiger partial charge on any atom is -0.334 e. The molecule has 1 aromatic carbocycles. The zero-order valence-corrected chi connectivity index (χ0v) is 11.8. The molecule has 98 valence electrons. The van der Waals surface area contributed by atoms with Crippen LogP contribution in [-0.4, -0.2) is 35.5 Å². The average Bonchev–Trinajstić information content (AvgIpc) is 2.38. The highest BCUT2D eigenvalue weighted by atomic mass is 32.2. The number of rotatable bonds is 2. The van der Waals surface area contributed by atoms with Crippen molar-refractivity contribution in [2.24, 2.45) is 0 Å². The zero-order chi connectivity index (χ0) is 13.0. The van der Waals surface area contributed by atoms with E-state index in [-0.39, 0.29) is 6.03 Å². The SMILES string of the molecule is Cc1ccc(CNC(=O)N2CCSCC2)c(C)c1. The fourth-order valence-corrected chi connectivity index (χ4v) is 3.00. The number of hydrogen-bond donors (Lipinski definition) is 1. The van der Waals surface area contributed by atoms with Crippen molar-refractivity contribution in [1.82, 2.24) is 10.2 Å². The molecule has 1 fully saturated rings. The highest BCUT2D eigenvalue weighted by Crippen LogP contribution is 2.11. The summed E-state index contributed by atoms with van der Waals surface area (Å²) in [5.41, 5.74) is 3.69. The Morgan fingerprint density at radius 3 is 2.72 bits per heavy atom. The van der Waals surface area contributed by atoms with Crippen molar-refractivity contribution < 1.29 is 4.79 Å². The summed E-state index contributed by atoms with van der Waals surface area (Å²) in [5, 5.41) is 3.01. The number of hydrogen-bond acceptors (Lipinski definition) is 2. The van der Waals surface area contributed by atoms with E-state index < -0.39 is 0 Å². The van der Waals surface area contributed by atoms with Crippen LogP contribution in [0.15, 0.2) is 18.2 Å². The molecule has 1 heterocycles. The Kier molecular flexibility index (Phi) is 4.53. The van der Waals surface area contributed by atoms with Crippen LogP contribution in [0.2, 0.25) is 0 Å². The lowest BCUT2D eigenvalue weighted by atomic mass is 10.1. The monoisotopic (exact) mass is 264 g/mol. The number of benzene rings is 1. The third kappa shape index (κ3) is 3.42. The van der Waals surface area contributed by atoms with Crippen molar-refractivity contribution in [2.45, 2.75) is 20.4 Å². The van der Waals surface area contributed by atoms with Crippen LogP contribution in [0.25, 0.3) is 0 Å². The van der Waals surface area contributed by atoms with E-state index in [9.17, 15) is 4.79 Å². The molecular formula is C14H20N2OS. The molecule has 2 amide bonds. The molecule has 1 aliphatic heterocycles. The van der Waals surface area contributed by atoms with E-state index in [1.54, 1.807) is 0 Å². The fourth-order valence-electron chi connectivity index (χ4n) is 2.09. The Balaban J connectivity index is 1.88. The first kappa shape index (κ1) is 13.3. The Labute approximate surface area is 113 Å². The first-order chi connectivity index (χ1) is 8.66. The van der Waals surface area contributed by atoms with Gasteiger partial charge in [0, 0.05) is 31.1 Å². The topological polar surface area (TPSA) is 32.3 Å². The van der Waals surface area contributed by atoms with Gasteiger partial charge < -0.3 is 10.2 Å². The highest BCUT2D eigenvalue weighted by Gasteiger charge is 2.16. The van der Waals surface area contributed by atoms with E-state index >= 15 is 0 Å². The van der Waals surface area contributed by atoms with Gasteiger partial charge in [-0.1, -0.05) is 23.8 Å². The first-order valence-corrected chi connectivity index (χ1v) is 7.49. The minimum atomic E-state index is 0.0651. The third-order valence-corrected chi connectivity index (χ3v) is 4.17. The van der Waals surface area contributed by atoms with Gasteiger partial charge in [-0.15, -0.1) is 0 Å². The van der Waals surface area contributed by atoms with Gasteiger partial charge in [0.1, 0.15) is 0 Å². The molecule has 18 heavy (non-hydrogen) atoms. The maximum Gasteiger partial charge on any atom is 0.317 e. The smallest absolute Gasteiger partial charge is 0.317 e. The van der Waals surface area contributed by atoms with E-state index in [0.29, 0.717) is 6.54 Å². The summed E-state index contributed by atoms with van der Waals surface area (Å²) < 4.78 is 0. The molecule has 2 rings (SSSR count). The van der Waals surface area contributed by atoms with Crippen LogP contribution >= 0.6 is 11.8 Å². The van der Waals surface area contributed by atoms with Gasteiger partial charge in [-0.2, -0.15) is 11.8 Å². The molecule has 0 radical (unpaired) electrons. The lowest BCUT2D eigenvalue weighted by Gasteiger charge is -2.26. The van der Waals surface area contributed by atoms with Crippen LogP contribution < -0.4 is 5.32 Å². The summed E-state index contributed by atoms with van der Waals surface area (Å²) in [4.78, 5) is 13.9. The molecule has 1 aromatic rings. The van der Waals surface area contributed by atoms with Crippen molar-refractivity contribution in [3.63, 3.8) is 0 Å². The van der Waals surface area contributed by atoms with Gasteiger partial charge in [-0.05, 0) is 25.0 Å². The Morgan fingerprint density at radius 1 is 1.33 bits per heavy atom. The number of carbonyl (C=O) groups excluding carboxylic acids is 1. The van der Waals surface area contributed by atoms with Crippen LogP contribution in [0, 0.1) is 13.8 Å². The highest BCUT2D eigenvalue weighted by molar-refractivity contribution is 7.99. The van der Waals surface area contributed by atoms with Crippen molar-refractivity contribution in [3.8, 4) is 0 Å². The average molecular weight is 264 g/mol. The third-order valence-electron chi connectivity index (χ3n) is 3.23. The number of amides is 2. The molecule has 0 aliphatic carbocycles. The molecule has 1 N–H and O–H groups in total. The molecular weight excluding hydrogens is 244 g/mol. The minimum absolute atomic E-state index is 0.0651. The van der Waals surface area contributed by atoms with Gasteiger partial charge in [0.15, 0.2) is 0 Å². The van der Waals surface area contributed by atoms with Gasteiger partial charge in [-0.3, -0.25) is 0 Å². The quantitative estimate of drug-likeness (QED) is 0.890. The van der Waals surface area contributed by atoms with Gasteiger partial charge in [-0.25, -0.2) is 4.79 Å². The van der Waals surface area contributed by atoms with Crippen LogP contribution in [0.5, 0.6) is 0 Å². The number of thioether (sulfide) groups is 1. The Morgan fingerprint density at radius 2 is 2.06 bits per heavy atom. The van der Waals surface area contributed by atoms with Gasteiger partial charge in [0.25, 0.3) is 0 Å². The predicted octanol–water partition coefficient (Wildman–Crippen LogP) is 2.56. The van der Waals surface area contributed by atoms with Crippen molar-refractivity contribution in [1.29, 1.82) is 0 Å². The standard InChI is InChI=1S/C14H20N2OS/c1-11-3-4-13(12(2)9-11)10-15-14(17)16-5-7-18-8-6-16/h3-4,9H,5-8,10H2,1-2H3,(H,15,17). The van der Waals surface area contributed by atoms with E-state index in [2.05, 4.69) is 37.4 Å². The molecule has 0 bridgehead atoms. The second-order valence-electron chi connectivity index (χ2n) is 4.69. The summed E-state index contributed by atoms with van der Waals surface area (Å²) in [6, 6.07) is 6.40. The molecule has 0 atom stereocenters. The summed E-state index contributed by atoms with van der Waals surface area (Å²) in [7, 11) is 0. The number of nitrogens with zero attached hydrogens (tertiary/aromatic N) is 1. The van der Waals surface area contributed by atoms with E-state index in [4.69, 9.17) is 0 Å². The fraction of sp³-hybridized carbons (Fsp3) is 0.500. The predicted molar refractivity (Wildman–Crippen MR) is 77.0 cm³/mol. The number of nitrogens with one attached hydrogen (secondary N) is 1. The lowest BCUT2D eigenvalue weighted by molar-refractivity contribution is 0.202. The van der Waals surface area contributed by atoms with Crippen LogP contribution in [0.4, 0.5) is 4.79 Å². The molecule has 1 aliphatic rings. The van der Waals surface area contributed by atoms with E-state index in [1.165, 1.54) is 16.7 Å². The van der Waals surface area contributed by atoms with E-state index in [1.807, 2.05) is 16.7 Å². The summed E-state index contributed by atoms with van der Waals surface area (Å²) >= 11 is 1.91. The normalized spacial score (nSPS) is 15.6. The molecule has 3 nitrogen and oxygen atoms in total. The maximum absolute atomic E-state index is 12.0. The molecule has 0 saturated carbocycles. The van der Waals surface area contributed by atoms with Gasteiger partial charge >= 0.3 is 6.03 Å². The van der Waals surface area contributed by atoms with Gasteiger partial charge in [0.2, 0.25) is 0 Å². The molecule has 0 aromatic heterocycles.